The van der Waals surface area contributed by atoms with Crippen LogP contribution in [0.1, 0.15) is 32.1 Å². The van der Waals surface area contributed by atoms with Crippen molar-refractivity contribution < 1.29 is 14.7 Å². The van der Waals surface area contributed by atoms with E-state index in [0.717, 1.165) is 25.8 Å². The fourth-order valence-electron chi connectivity index (χ4n) is 2.07. The molecule has 0 unspecified atom stereocenters. The molecule has 1 saturated carbocycles. The molecule has 0 radical (unpaired) electrons. The highest BCUT2D eigenvalue weighted by atomic mass is 16.4. The topological polar surface area (TPSA) is 78.4 Å². The maximum Gasteiger partial charge on any atom is 0.311 e. The Labute approximate surface area is 94.6 Å². The Morgan fingerprint density at radius 1 is 1.38 bits per heavy atom. The van der Waals surface area contributed by atoms with Crippen LogP contribution in [0.2, 0.25) is 0 Å². The largest absolute Gasteiger partial charge is 0.481 e. The van der Waals surface area contributed by atoms with Crippen molar-refractivity contribution in [2.45, 2.75) is 38.1 Å². The number of rotatable bonds is 4. The van der Waals surface area contributed by atoms with Crippen LogP contribution in [-0.2, 0) is 9.59 Å². The van der Waals surface area contributed by atoms with Gasteiger partial charge < -0.3 is 15.7 Å². The Hall–Kier alpha value is -1.10. The zero-order chi connectivity index (χ0) is 11.6. The summed E-state index contributed by atoms with van der Waals surface area (Å²) in [5, 5.41) is 14.9. The fraction of sp³-hybridized carbons (Fsp3) is 0.818. The van der Waals surface area contributed by atoms with Gasteiger partial charge in [-0.2, -0.15) is 0 Å². The van der Waals surface area contributed by atoms with Crippen LogP contribution in [0.15, 0.2) is 0 Å². The molecule has 1 atom stereocenters. The third kappa shape index (κ3) is 2.35. The first-order valence-electron chi connectivity index (χ1n) is 5.89. The first kappa shape index (κ1) is 11.4. The number of carboxylic acids is 1. The SMILES string of the molecule is O=C(NCC1(C(=O)O)CC1)[C@H]1CCCCN1. The van der Waals surface area contributed by atoms with E-state index in [1.807, 2.05) is 0 Å². The van der Waals surface area contributed by atoms with Gasteiger partial charge in [-0.05, 0) is 32.2 Å². The van der Waals surface area contributed by atoms with Crippen LogP contribution in [0.3, 0.4) is 0 Å². The number of amides is 1. The second kappa shape index (κ2) is 4.41. The average Bonchev–Trinajstić information content (AvgIpc) is 3.08. The lowest BCUT2D eigenvalue weighted by Gasteiger charge is -2.23. The Morgan fingerprint density at radius 3 is 2.62 bits per heavy atom. The quantitative estimate of drug-likeness (QED) is 0.635. The Morgan fingerprint density at radius 2 is 2.12 bits per heavy atom. The summed E-state index contributed by atoms with van der Waals surface area (Å²) in [5.41, 5.74) is -0.662. The Kier molecular flexibility index (Phi) is 3.14. The molecule has 2 rings (SSSR count). The van der Waals surface area contributed by atoms with Crippen molar-refractivity contribution in [3.8, 4) is 0 Å². The predicted molar refractivity (Wildman–Crippen MR) is 58.0 cm³/mol. The Bertz CT molecular complexity index is 294. The van der Waals surface area contributed by atoms with Gasteiger partial charge in [-0.1, -0.05) is 6.42 Å². The number of carbonyl (C=O) groups excluding carboxylic acids is 1. The molecule has 90 valence electrons. The van der Waals surface area contributed by atoms with Crippen molar-refractivity contribution in [2.24, 2.45) is 5.41 Å². The Balaban J connectivity index is 1.77. The van der Waals surface area contributed by atoms with Gasteiger partial charge in [0.2, 0.25) is 5.91 Å². The summed E-state index contributed by atoms with van der Waals surface area (Å²) >= 11 is 0. The molecular weight excluding hydrogens is 208 g/mol. The molecule has 0 aromatic rings. The summed E-state index contributed by atoms with van der Waals surface area (Å²) < 4.78 is 0. The fourth-order valence-corrected chi connectivity index (χ4v) is 2.07. The molecule has 3 N–H and O–H groups in total. The van der Waals surface area contributed by atoms with Crippen LogP contribution in [-0.4, -0.2) is 36.1 Å². The van der Waals surface area contributed by atoms with Crippen molar-refractivity contribution in [3.63, 3.8) is 0 Å². The van der Waals surface area contributed by atoms with Gasteiger partial charge in [0.15, 0.2) is 0 Å². The van der Waals surface area contributed by atoms with E-state index in [1.54, 1.807) is 0 Å². The minimum absolute atomic E-state index is 0.0489. The summed E-state index contributed by atoms with van der Waals surface area (Å²) in [4.78, 5) is 22.6. The van der Waals surface area contributed by atoms with Crippen molar-refractivity contribution >= 4 is 11.9 Å². The minimum Gasteiger partial charge on any atom is -0.481 e. The highest BCUT2D eigenvalue weighted by Gasteiger charge is 2.50. The molecule has 1 aliphatic carbocycles. The zero-order valence-corrected chi connectivity index (χ0v) is 9.29. The monoisotopic (exact) mass is 226 g/mol. The van der Waals surface area contributed by atoms with Crippen LogP contribution in [0.5, 0.6) is 0 Å². The highest BCUT2D eigenvalue weighted by molar-refractivity contribution is 5.84. The lowest BCUT2D eigenvalue weighted by atomic mass is 10.0. The summed E-state index contributed by atoms with van der Waals surface area (Å²) in [5.74, 6) is -0.836. The molecule has 16 heavy (non-hydrogen) atoms. The van der Waals surface area contributed by atoms with E-state index < -0.39 is 11.4 Å². The first-order chi connectivity index (χ1) is 7.64. The number of carbonyl (C=O) groups is 2. The van der Waals surface area contributed by atoms with Crippen LogP contribution in [0, 0.1) is 5.41 Å². The highest BCUT2D eigenvalue weighted by Crippen LogP contribution is 2.45. The maximum atomic E-state index is 11.7. The van der Waals surface area contributed by atoms with Crippen LogP contribution >= 0.6 is 0 Å². The van der Waals surface area contributed by atoms with Gasteiger partial charge in [-0.25, -0.2) is 0 Å². The third-order valence-electron chi connectivity index (χ3n) is 3.54. The summed E-state index contributed by atoms with van der Waals surface area (Å²) in [6.45, 7) is 1.15. The van der Waals surface area contributed by atoms with Crippen LogP contribution in [0.25, 0.3) is 0 Å². The van der Waals surface area contributed by atoms with Crippen molar-refractivity contribution in [3.05, 3.63) is 0 Å². The van der Waals surface area contributed by atoms with Crippen molar-refractivity contribution in [2.75, 3.05) is 13.1 Å². The lowest BCUT2D eigenvalue weighted by molar-refractivity contribution is -0.143. The third-order valence-corrected chi connectivity index (χ3v) is 3.54. The number of nitrogens with one attached hydrogen (secondary N) is 2. The molecule has 1 amide bonds. The van der Waals surface area contributed by atoms with Crippen molar-refractivity contribution in [1.29, 1.82) is 0 Å². The molecular formula is C11H18N2O3. The molecule has 0 bridgehead atoms. The molecule has 0 aromatic heterocycles. The zero-order valence-electron chi connectivity index (χ0n) is 9.29. The smallest absolute Gasteiger partial charge is 0.311 e. The van der Waals surface area contributed by atoms with E-state index in [4.69, 9.17) is 5.11 Å². The van der Waals surface area contributed by atoms with E-state index in [-0.39, 0.29) is 18.5 Å². The number of hydrogen-bond donors (Lipinski definition) is 3. The van der Waals surface area contributed by atoms with Gasteiger partial charge in [0, 0.05) is 6.54 Å². The van der Waals surface area contributed by atoms with E-state index in [9.17, 15) is 9.59 Å². The molecule has 1 aliphatic heterocycles. The number of carboxylic acid groups (broad SMARTS) is 1. The summed E-state index contributed by atoms with van der Waals surface area (Å²) in [6, 6.07) is -0.127. The second-order valence-electron chi connectivity index (χ2n) is 4.81. The number of piperidine rings is 1. The summed E-state index contributed by atoms with van der Waals surface area (Å²) in [6.07, 6.45) is 4.39. The molecule has 0 spiro atoms. The van der Waals surface area contributed by atoms with E-state index in [1.165, 1.54) is 0 Å². The van der Waals surface area contributed by atoms with E-state index in [0.29, 0.717) is 12.8 Å². The summed E-state index contributed by atoms with van der Waals surface area (Å²) in [7, 11) is 0. The van der Waals surface area contributed by atoms with Gasteiger partial charge in [0.25, 0.3) is 0 Å². The molecule has 5 heteroatoms. The normalized spacial score (nSPS) is 27.1. The first-order valence-corrected chi connectivity index (χ1v) is 5.89. The molecule has 1 saturated heterocycles. The van der Waals surface area contributed by atoms with Crippen LogP contribution < -0.4 is 10.6 Å². The van der Waals surface area contributed by atoms with E-state index >= 15 is 0 Å². The van der Waals surface area contributed by atoms with Crippen molar-refractivity contribution in [1.82, 2.24) is 10.6 Å². The van der Waals surface area contributed by atoms with Gasteiger partial charge in [0.1, 0.15) is 0 Å². The average molecular weight is 226 g/mol. The van der Waals surface area contributed by atoms with E-state index in [2.05, 4.69) is 10.6 Å². The lowest BCUT2D eigenvalue weighted by Crippen LogP contribution is -2.48. The molecule has 2 fully saturated rings. The van der Waals surface area contributed by atoms with Gasteiger partial charge in [-0.3, -0.25) is 9.59 Å². The standard InChI is InChI=1S/C11H18N2O3/c14-9(8-3-1-2-6-12-8)13-7-11(4-5-11)10(15)16/h8,12H,1-7H2,(H,13,14)(H,15,16)/t8-/m1/s1. The minimum atomic E-state index is -0.788. The molecule has 5 nitrogen and oxygen atoms in total. The second-order valence-corrected chi connectivity index (χ2v) is 4.81. The van der Waals surface area contributed by atoms with Gasteiger partial charge in [-0.15, -0.1) is 0 Å². The van der Waals surface area contributed by atoms with Crippen LogP contribution in [0.4, 0.5) is 0 Å². The number of aliphatic carboxylic acids is 1. The van der Waals surface area contributed by atoms with Gasteiger partial charge >= 0.3 is 5.97 Å². The maximum absolute atomic E-state index is 11.7. The molecule has 1 heterocycles. The predicted octanol–water partition coefficient (Wildman–Crippen LogP) is 0.109. The number of hydrogen-bond acceptors (Lipinski definition) is 3. The molecule has 0 aromatic carbocycles. The van der Waals surface area contributed by atoms with Gasteiger partial charge in [0.05, 0.1) is 11.5 Å². The molecule has 2 aliphatic rings.